The number of hydrogen-bond donors (Lipinski definition) is 1. The first kappa shape index (κ1) is 16.0. The predicted molar refractivity (Wildman–Crippen MR) is 78.0 cm³/mol. The van der Waals surface area contributed by atoms with Crippen LogP contribution in [0.3, 0.4) is 0 Å². The fraction of sp³-hybridized carbons (Fsp3) is 0.929. The number of carbonyl (C=O) groups is 1. The Hall–Kier alpha value is -0.0900. The number of ether oxygens (including phenoxy) is 1. The van der Waals surface area contributed by atoms with Crippen molar-refractivity contribution in [2.24, 2.45) is 11.3 Å². The summed E-state index contributed by atoms with van der Waals surface area (Å²) in [6.07, 6.45) is 5.47. The standard InChI is InChI=1S/C14H26BrNO2/c1-14(2)8-5-4-6-12(14)13(17)16-11(10-15)7-9-18-3/h11-12H,4-10H2,1-3H3,(H,16,17). The van der Waals surface area contributed by atoms with Gasteiger partial charge in [-0.05, 0) is 24.7 Å². The van der Waals surface area contributed by atoms with Crippen molar-refractivity contribution in [3.05, 3.63) is 0 Å². The SMILES string of the molecule is COCCC(CBr)NC(=O)C1CCCCC1(C)C. The molecule has 1 aliphatic rings. The number of hydrogen-bond acceptors (Lipinski definition) is 2. The van der Waals surface area contributed by atoms with Gasteiger partial charge >= 0.3 is 0 Å². The van der Waals surface area contributed by atoms with E-state index in [2.05, 4.69) is 35.1 Å². The molecule has 3 nitrogen and oxygen atoms in total. The third-order valence-electron chi connectivity index (χ3n) is 4.03. The van der Waals surface area contributed by atoms with E-state index in [9.17, 15) is 4.79 Å². The number of methoxy groups -OCH3 is 1. The second-order valence-corrected chi connectivity index (χ2v) is 6.58. The summed E-state index contributed by atoms with van der Waals surface area (Å²) >= 11 is 3.46. The molecule has 0 heterocycles. The Bertz CT molecular complexity index is 269. The molecular weight excluding hydrogens is 294 g/mol. The summed E-state index contributed by atoms with van der Waals surface area (Å²) in [6.45, 7) is 5.12. The van der Waals surface area contributed by atoms with Crippen molar-refractivity contribution in [1.82, 2.24) is 5.32 Å². The van der Waals surface area contributed by atoms with Crippen LogP contribution in [0.15, 0.2) is 0 Å². The van der Waals surface area contributed by atoms with Crippen LogP contribution in [0.5, 0.6) is 0 Å². The van der Waals surface area contributed by atoms with Crippen LogP contribution in [0.4, 0.5) is 0 Å². The van der Waals surface area contributed by atoms with E-state index in [1.807, 2.05) is 0 Å². The van der Waals surface area contributed by atoms with Crippen molar-refractivity contribution in [3.8, 4) is 0 Å². The molecule has 2 atom stereocenters. The molecule has 106 valence electrons. The Morgan fingerprint density at radius 2 is 2.22 bits per heavy atom. The Morgan fingerprint density at radius 3 is 2.78 bits per heavy atom. The van der Waals surface area contributed by atoms with Crippen LogP contribution in [0.1, 0.15) is 46.0 Å². The third-order valence-corrected chi connectivity index (χ3v) is 4.81. The highest BCUT2D eigenvalue weighted by Gasteiger charge is 2.37. The topological polar surface area (TPSA) is 38.3 Å². The molecule has 0 saturated heterocycles. The maximum absolute atomic E-state index is 12.4. The lowest BCUT2D eigenvalue weighted by Crippen LogP contribution is -2.46. The lowest BCUT2D eigenvalue weighted by molar-refractivity contribution is -0.130. The zero-order valence-electron chi connectivity index (χ0n) is 11.8. The molecule has 0 spiro atoms. The van der Waals surface area contributed by atoms with Crippen LogP contribution in [-0.2, 0) is 9.53 Å². The van der Waals surface area contributed by atoms with Crippen LogP contribution in [0.2, 0.25) is 0 Å². The largest absolute Gasteiger partial charge is 0.385 e. The van der Waals surface area contributed by atoms with Gasteiger partial charge in [0, 0.05) is 31.0 Å². The van der Waals surface area contributed by atoms with E-state index < -0.39 is 0 Å². The summed E-state index contributed by atoms with van der Waals surface area (Å²) in [7, 11) is 1.69. The lowest BCUT2D eigenvalue weighted by Gasteiger charge is -2.38. The quantitative estimate of drug-likeness (QED) is 0.764. The summed E-state index contributed by atoms with van der Waals surface area (Å²) < 4.78 is 5.07. The molecule has 18 heavy (non-hydrogen) atoms. The second kappa shape index (κ2) is 7.49. The zero-order chi connectivity index (χ0) is 13.6. The molecule has 0 radical (unpaired) electrons. The molecule has 1 rings (SSSR count). The molecule has 0 aromatic heterocycles. The molecule has 1 fully saturated rings. The van der Waals surface area contributed by atoms with E-state index in [0.717, 1.165) is 24.6 Å². The van der Waals surface area contributed by atoms with Crippen LogP contribution >= 0.6 is 15.9 Å². The maximum atomic E-state index is 12.4. The first-order valence-electron chi connectivity index (χ1n) is 6.86. The van der Waals surface area contributed by atoms with E-state index in [1.165, 1.54) is 12.8 Å². The molecule has 0 bridgehead atoms. The third kappa shape index (κ3) is 4.54. The summed E-state index contributed by atoms with van der Waals surface area (Å²) in [5.74, 6) is 0.385. The monoisotopic (exact) mass is 319 g/mol. The first-order valence-corrected chi connectivity index (χ1v) is 7.98. The minimum absolute atomic E-state index is 0.139. The number of alkyl halides is 1. The minimum Gasteiger partial charge on any atom is -0.385 e. The second-order valence-electron chi connectivity index (χ2n) is 5.93. The van der Waals surface area contributed by atoms with E-state index in [0.29, 0.717) is 6.61 Å². The Morgan fingerprint density at radius 1 is 1.50 bits per heavy atom. The van der Waals surface area contributed by atoms with Crippen LogP contribution in [0, 0.1) is 11.3 Å². The van der Waals surface area contributed by atoms with Gasteiger partial charge in [0.05, 0.1) is 0 Å². The molecule has 1 saturated carbocycles. The molecule has 1 amide bonds. The Balaban J connectivity index is 2.51. The van der Waals surface area contributed by atoms with Crippen LogP contribution in [-0.4, -0.2) is 31.0 Å². The highest BCUT2D eigenvalue weighted by atomic mass is 79.9. The number of carbonyl (C=O) groups excluding carboxylic acids is 1. The van der Waals surface area contributed by atoms with Gasteiger partial charge < -0.3 is 10.1 Å². The Kier molecular flexibility index (Phi) is 6.64. The van der Waals surface area contributed by atoms with Crippen molar-refractivity contribution >= 4 is 21.8 Å². The van der Waals surface area contributed by atoms with Gasteiger partial charge in [0.25, 0.3) is 0 Å². The van der Waals surface area contributed by atoms with Gasteiger partial charge in [-0.25, -0.2) is 0 Å². The van der Waals surface area contributed by atoms with Gasteiger partial charge in [-0.1, -0.05) is 42.6 Å². The van der Waals surface area contributed by atoms with Gasteiger partial charge in [0.15, 0.2) is 0 Å². The molecule has 0 aromatic rings. The predicted octanol–water partition coefficient (Wildman–Crippen LogP) is 3.12. The van der Waals surface area contributed by atoms with E-state index in [-0.39, 0.29) is 23.3 Å². The van der Waals surface area contributed by atoms with Gasteiger partial charge in [0.2, 0.25) is 5.91 Å². The highest BCUT2D eigenvalue weighted by molar-refractivity contribution is 9.09. The van der Waals surface area contributed by atoms with Gasteiger partial charge in [-0.2, -0.15) is 0 Å². The highest BCUT2D eigenvalue weighted by Crippen LogP contribution is 2.40. The van der Waals surface area contributed by atoms with E-state index in [4.69, 9.17) is 4.74 Å². The van der Waals surface area contributed by atoms with Crippen molar-refractivity contribution in [2.75, 3.05) is 19.0 Å². The molecule has 1 aliphatic carbocycles. The summed E-state index contributed by atoms with van der Waals surface area (Å²) in [5.41, 5.74) is 0.139. The average molecular weight is 320 g/mol. The molecule has 0 aromatic carbocycles. The van der Waals surface area contributed by atoms with Crippen molar-refractivity contribution < 1.29 is 9.53 Å². The summed E-state index contributed by atoms with van der Waals surface area (Å²) in [5, 5.41) is 3.95. The average Bonchev–Trinajstić information content (AvgIpc) is 2.33. The normalized spacial score (nSPS) is 24.6. The molecular formula is C14H26BrNO2. The number of nitrogens with one attached hydrogen (secondary N) is 1. The van der Waals surface area contributed by atoms with E-state index in [1.54, 1.807) is 7.11 Å². The van der Waals surface area contributed by atoms with Gasteiger partial charge in [-0.15, -0.1) is 0 Å². The number of halogens is 1. The van der Waals surface area contributed by atoms with Crippen molar-refractivity contribution in [1.29, 1.82) is 0 Å². The van der Waals surface area contributed by atoms with Crippen LogP contribution in [0.25, 0.3) is 0 Å². The molecule has 0 aliphatic heterocycles. The minimum atomic E-state index is 0.139. The fourth-order valence-electron chi connectivity index (χ4n) is 2.73. The molecule has 4 heteroatoms. The molecule has 2 unspecified atom stereocenters. The Labute approximate surface area is 119 Å². The number of amides is 1. The smallest absolute Gasteiger partial charge is 0.223 e. The molecule has 1 N–H and O–H groups in total. The summed E-state index contributed by atoms with van der Waals surface area (Å²) in [4.78, 5) is 12.4. The lowest BCUT2D eigenvalue weighted by atomic mass is 9.68. The van der Waals surface area contributed by atoms with Crippen LogP contribution < -0.4 is 5.32 Å². The van der Waals surface area contributed by atoms with Crippen molar-refractivity contribution in [3.63, 3.8) is 0 Å². The zero-order valence-corrected chi connectivity index (χ0v) is 13.4. The van der Waals surface area contributed by atoms with E-state index >= 15 is 0 Å². The van der Waals surface area contributed by atoms with Gasteiger partial charge in [-0.3, -0.25) is 4.79 Å². The fourth-order valence-corrected chi connectivity index (χ4v) is 3.22. The van der Waals surface area contributed by atoms with Gasteiger partial charge in [0.1, 0.15) is 0 Å². The maximum Gasteiger partial charge on any atom is 0.223 e. The first-order chi connectivity index (χ1) is 8.51. The summed E-state index contributed by atoms with van der Waals surface area (Å²) in [6, 6.07) is 0.176. The van der Waals surface area contributed by atoms with Crippen molar-refractivity contribution in [2.45, 2.75) is 52.0 Å². The number of rotatable bonds is 6.